The Kier molecular flexibility index (Phi) is 6.64. The number of carbonyl (C=O) groups excluding carboxylic acids is 2. The van der Waals surface area contributed by atoms with Crippen LogP contribution in [0, 0.1) is 5.82 Å². The second kappa shape index (κ2) is 10.3. The summed E-state index contributed by atoms with van der Waals surface area (Å²) in [6, 6.07) is 15.7. The number of rotatable bonds is 7. The van der Waals surface area contributed by atoms with Crippen LogP contribution < -0.4 is 9.75 Å². The third-order valence-electron chi connectivity index (χ3n) is 8.03. The fraction of sp³-hybridized carbons (Fsp3) is 0.379. The maximum absolute atomic E-state index is 14.3. The van der Waals surface area contributed by atoms with Crippen LogP contribution in [0.25, 0.3) is 0 Å². The summed E-state index contributed by atoms with van der Waals surface area (Å²) < 4.78 is 25.4. The van der Waals surface area contributed by atoms with Gasteiger partial charge in [0.25, 0.3) is 5.91 Å². The van der Waals surface area contributed by atoms with E-state index in [0.717, 1.165) is 31.6 Å². The van der Waals surface area contributed by atoms with Crippen molar-refractivity contribution in [2.24, 2.45) is 5.10 Å². The zero-order valence-electron chi connectivity index (χ0n) is 21.8. The monoisotopic (exact) mass is 531 g/mol. The molecular formula is C29H30FN5O4. The van der Waals surface area contributed by atoms with Gasteiger partial charge in [-0.15, -0.1) is 0 Å². The minimum atomic E-state index is -0.707. The molecule has 3 aromatic rings. The average Bonchev–Trinajstić information content (AvgIpc) is 3.61. The summed E-state index contributed by atoms with van der Waals surface area (Å²) in [5, 5.41) is 10.2. The summed E-state index contributed by atoms with van der Waals surface area (Å²) in [6.45, 7) is 5.40. The van der Waals surface area contributed by atoms with E-state index < -0.39 is 5.41 Å². The molecule has 2 aromatic carbocycles. The molecule has 1 aromatic heterocycles. The Morgan fingerprint density at radius 2 is 1.87 bits per heavy atom. The number of fused-ring (bicyclic) bond motifs is 3. The number of hydrogen-bond donors (Lipinski definition) is 0. The number of ether oxygens (including phenoxy) is 1. The van der Waals surface area contributed by atoms with Crippen molar-refractivity contribution in [3.8, 4) is 5.75 Å². The van der Waals surface area contributed by atoms with Crippen molar-refractivity contribution >= 4 is 23.1 Å². The Hall–Kier alpha value is -4.05. The lowest BCUT2D eigenvalue weighted by Gasteiger charge is -2.42. The standard InChI is InChI=1S/C29H30FN5O4/c1-20(36)27-29(21-6-3-2-4-7-21,26-19-38-24-9-8-22(30)18-23(24)35(26)32-27)11-5-13-33-14-16-34(17-15-33)28(37)25-10-12-31-39-25/h2-4,6-10,12,18,26H,5,11,13-17,19H2,1H3/t26-,29+/m0/s1. The lowest BCUT2D eigenvalue weighted by molar-refractivity contribution is -0.111. The van der Waals surface area contributed by atoms with Gasteiger partial charge in [0.15, 0.2) is 5.78 Å². The van der Waals surface area contributed by atoms with Gasteiger partial charge in [-0.25, -0.2) is 4.39 Å². The zero-order chi connectivity index (χ0) is 27.0. The number of anilines is 1. The van der Waals surface area contributed by atoms with Crippen LogP contribution in [0.3, 0.4) is 0 Å². The molecule has 202 valence electrons. The molecule has 3 aliphatic heterocycles. The van der Waals surface area contributed by atoms with Crippen LogP contribution in [-0.4, -0.2) is 77.7 Å². The van der Waals surface area contributed by atoms with E-state index >= 15 is 0 Å². The highest BCUT2D eigenvalue weighted by Gasteiger charge is 2.55. The van der Waals surface area contributed by atoms with E-state index in [0.29, 0.717) is 43.3 Å². The molecule has 4 heterocycles. The second-order valence-electron chi connectivity index (χ2n) is 10.2. The summed E-state index contributed by atoms with van der Waals surface area (Å²) in [6.07, 6.45) is 2.95. The Morgan fingerprint density at radius 1 is 1.08 bits per heavy atom. The molecule has 1 amide bonds. The number of ketones is 1. The van der Waals surface area contributed by atoms with E-state index in [-0.39, 0.29) is 29.3 Å². The molecule has 0 spiro atoms. The fourth-order valence-corrected chi connectivity index (χ4v) is 6.14. The van der Waals surface area contributed by atoms with Crippen LogP contribution in [0.4, 0.5) is 10.1 Å². The van der Waals surface area contributed by atoms with Gasteiger partial charge in [-0.05, 0) is 37.1 Å². The van der Waals surface area contributed by atoms with Crippen LogP contribution in [0.15, 0.2) is 70.4 Å². The third-order valence-corrected chi connectivity index (χ3v) is 8.03. The Morgan fingerprint density at radius 3 is 2.59 bits per heavy atom. The van der Waals surface area contributed by atoms with Crippen molar-refractivity contribution < 1.29 is 23.2 Å². The fourth-order valence-electron chi connectivity index (χ4n) is 6.14. The van der Waals surface area contributed by atoms with Crippen LogP contribution in [0.2, 0.25) is 0 Å². The molecule has 0 aliphatic carbocycles. The quantitative estimate of drug-likeness (QED) is 0.461. The normalized spacial score (nSPS) is 22.6. The third kappa shape index (κ3) is 4.48. The van der Waals surface area contributed by atoms with Gasteiger partial charge in [0.2, 0.25) is 5.76 Å². The lowest BCUT2D eigenvalue weighted by Crippen LogP contribution is -2.54. The maximum Gasteiger partial charge on any atom is 0.292 e. The highest BCUT2D eigenvalue weighted by Crippen LogP contribution is 2.48. The van der Waals surface area contributed by atoms with Crippen LogP contribution in [0.1, 0.15) is 35.9 Å². The van der Waals surface area contributed by atoms with Gasteiger partial charge in [0.1, 0.15) is 35.6 Å². The summed E-state index contributed by atoms with van der Waals surface area (Å²) in [7, 11) is 0. The van der Waals surface area contributed by atoms with Gasteiger partial charge in [-0.3, -0.25) is 19.5 Å². The predicted molar refractivity (Wildman–Crippen MR) is 142 cm³/mol. The van der Waals surface area contributed by atoms with Crippen LogP contribution in [0.5, 0.6) is 5.75 Å². The minimum absolute atomic E-state index is 0.106. The van der Waals surface area contributed by atoms with Crippen molar-refractivity contribution in [3.63, 3.8) is 0 Å². The van der Waals surface area contributed by atoms with E-state index in [4.69, 9.17) is 14.4 Å². The number of Topliss-reactive ketones (excluding diaryl/α,β-unsaturated/α-hetero) is 1. The summed E-state index contributed by atoms with van der Waals surface area (Å²) >= 11 is 0. The SMILES string of the molecule is CC(=O)C1=NN2c3cc(F)ccc3OC[C@H]2[C@@]1(CCCN1CCN(C(=O)c2ccno2)CC1)c1ccccc1. The number of benzene rings is 2. The predicted octanol–water partition coefficient (Wildman–Crippen LogP) is 3.52. The van der Waals surface area contributed by atoms with Crippen molar-refractivity contribution in [1.29, 1.82) is 0 Å². The number of nitrogens with zero attached hydrogens (tertiary/aromatic N) is 5. The minimum Gasteiger partial charge on any atom is -0.489 e. The molecule has 0 saturated carbocycles. The van der Waals surface area contributed by atoms with E-state index in [1.54, 1.807) is 29.0 Å². The van der Waals surface area contributed by atoms with Crippen molar-refractivity contribution in [2.45, 2.75) is 31.2 Å². The molecule has 2 atom stereocenters. The average molecular weight is 532 g/mol. The molecule has 0 N–H and O–H groups in total. The van der Waals surface area contributed by atoms with Crippen LogP contribution >= 0.6 is 0 Å². The first-order valence-corrected chi connectivity index (χ1v) is 13.3. The van der Waals surface area contributed by atoms with Gasteiger partial charge < -0.3 is 14.2 Å². The topological polar surface area (TPSA) is 91.5 Å². The summed E-state index contributed by atoms with van der Waals surface area (Å²) in [5.74, 6) is 0.186. The number of piperazine rings is 1. The molecule has 1 saturated heterocycles. The van der Waals surface area contributed by atoms with Crippen LogP contribution in [-0.2, 0) is 10.2 Å². The second-order valence-corrected chi connectivity index (χ2v) is 10.2. The lowest BCUT2D eigenvalue weighted by atomic mass is 9.67. The molecule has 0 bridgehead atoms. The molecule has 39 heavy (non-hydrogen) atoms. The summed E-state index contributed by atoms with van der Waals surface area (Å²) in [4.78, 5) is 29.8. The van der Waals surface area contributed by atoms with Gasteiger partial charge in [-0.1, -0.05) is 35.5 Å². The van der Waals surface area contributed by atoms with Gasteiger partial charge >= 0.3 is 0 Å². The number of hydrogen-bond acceptors (Lipinski definition) is 8. The molecule has 3 aliphatic rings. The Bertz CT molecular complexity index is 1390. The van der Waals surface area contributed by atoms with E-state index in [1.807, 2.05) is 30.3 Å². The molecule has 0 radical (unpaired) electrons. The molecule has 10 heteroatoms. The van der Waals surface area contributed by atoms with E-state index in [2.05, 4.69) is 10.1 Å². The number of hydrazone groups is 1. The van der Waals surface area contributed by atoms with Crippen molar-refractivity contribution in [1.82, 2.24) is 15.0 Å². The number of carbonyl (C=O) groups is 2. The first-order valence-electron chi connectivity index (χ1n) is 13.3. The Balaban J connectivity index is 1.22. The van der Waals surface area contributed by atoms with Gasteiger partial charge in [0.05, 0.1) is 11.6 Å². The van der Waals surface area contributed by atoms with E-state index in [9.17, 15) is 14.0 Å². The molecule has 0 unspecified atom stereocenters. The van der Waals surface area contributed by atoms with Gasteiger partial charge in [-0.2, -0.15) is 5.10 Å². The smallest absolute Gasteiger partial charge is 0.292 e. The van der Waals surface area contributed by atoms with Crippen molar-refractivity contribution in [2.75, 3.05) is 44.3 Å². The summed E-state index contributed by atoms with van der Waals surface area (Å²) in [5.41, 5.74) is 1.30. The zero-order valence-corrected chi connectivity index (χ0v) is 21.8. The highest BCUT2D eigenvalue weighted by atomic mass is 19.1. The number of amides is 1. The van der Waals surface area contributed by atoms with Gasteiger partial charge in [0, 0.05) is 45.2 Å². The first kappa shape index (κ1) is 25.2. The van der Waals surface area contributed by atoms with Crippen molar-refractivity contribution in [3.05, 3.63) is 77.9 Å². The largest absolute Gasteiger partial charge is 0.489 e. The molecule has 1 fully saturated rings. The molecule has 6 rings (SSSR count). The molecular weight excluding hydrogens is 501 g/mol. The number of aromatic nitrogens is 1. The first-order chi connectivity index (χ1) is 19.0. The number of halogens is 1. The maximum atomic E-state index is 14.3. The highest BCUT2D eigenvalue weighted by molar-refractivity contribution is 6.43. The van der Waals surface area contributed by atoms with E-state index in [1.165, 1.54) is 18.3 Å². The Labute approximate surface area is 225 Å². The molecule has 9 nitrogen and oxygen atoms in total.